The predicted molar refractivity (Wildman–Crippen MR) is 65.5 cm³/mol. The number of benzene rings is 1. The lowest BCUT2D eigenvalue weighted by atomic mass is 10.2. The summed E-state index contributed by atoms with van der Waals surface area (Å²) in [6.45, 7) is 0.135. The highest BCUT2D eigenvalue weighted by Crippen LogP contribution is 2.21. The van der Waals surface area contributed by atoms with E-state index >= 15 is 0 Å². The van der Waals surface area contributed by atoms with E-state index in [4.69, 9.17) is 11.5 Å². The van der Waals surface area contributed by atoms with Crippen molar-refractivity contribution in [3.63, 3.8) is 0 Å². The molecule has 0 aromatic heterocycles. The number of amides is 2. The van der Waals surface area contributed by atoms with E-state index in [1.807, 2.05) is 0 Å². The molecule has 3 N–H and O–H groups in total. The number of rotatable bonds is 3. The van der Waals surface area contributed by atoms with E-state index < -0.39 is 12.0 Å². The van der Waals surface area contributed by atoms with Crippen LogP contribution in [-0.4, -0.2) is 40.7 Å². The Kier molecular flexibility index (Phi) is 4.16. The first-order valence-electron chi connectivity index (χ1n) is 4.97. The molecule has 1 aromatic rings. The Hall–Kier alpha value is -2.68. The van der Waals surface area contributed by atoms with Crippen LogP contribution < -0.4 is 5.32 Å². The first kappa shape index (κ1) is 13.4. The van der Waals surface area contributed by atoms with Gasteiger partial charge in [-0.15, -0.1) is 6.42 Å². The number of phenols is 1. The van der Waals surface area contributed by atoms with Crippen LogP contribution in [0.1, 0.15) is 10.4 Å². The van der Waals surface area contributed by atoms with Crippen molar-refractivity contribution >= 4 is 17.7 Å². The Morgan fingerprint density at radius 1 is 1.50 bits per heavy atom. The predicted octanol–water partition coefficient (Wildman–Crippen LogP) is 1.19. The normalized spacial score (nSPS) is 9.33. The Labute approximate surface area is 104 Å². The standard InChI is InChI=1S/C12H12N2O4/c1-3-6-14(2)12(18)13-8-4-5-10(15)9(7-8)11(16)17/h1,4-5,7,15H,6H2,2H3,(H,13,18)(H,16,17). The molecular formula is C12H12N2O4. The zero-order valence-corrected chi connectivity index (χ0v) is 9.67. The minimum atomic E-state index is -1.28. The Morgan fingerprint density at radius 3 is 2.72 bits per heavy atom. The number of aromatic carboxylic acids is 1. The van der Waals surface area contributed by atoms with Gasteiger partial charge < -0.3 is 20.4 Å². The Morgan fingerprint density at radius 2 is 2.17 bits per heavy atom. The van der Waals surface area contributed by atoms with Gasteiger partial charge in [0.2, 0.25) is 0 Å². The van der Waals surface area contributed by atoms with Crippen LogP contribution in [0.15, 0.2) is 18.2 Å². The van der Waals surface area contributed by atoms with Gasteiger partial charge >= 0.3 is 12.0 Å². The zero-order valence-electron chi connectivity index (χ0n) is 9.67. The molecule has 6 nitrogen and oxygen atoms in total. The third kappa shape index (κ3) is 3.15. The van der Waals surface area contributed by atoms with E-state index in [2.05, 4.69) is 11.2 Å². The molecule has 0 atom stereocenters. The average Bonchev–Trinajstić information content (AvgIpc) is 2.31. The molecule has 0 bridgehead atoms. The second kappa shape index (κ2) is 5.59. The van der Waals surface area contributed by atoms with Gasteiger partial charge in [-0.3, -0.25) is 0 Å². The fourth-order valence-electron chi connectivity index (χ4n) is 1.21. The van der Waals surface area contributed by atoms with E-state index in [9.17, 15) is 14.7 Å². The number of nitrogens with one attached hydrogen (secondary N) is 1. The number of aromatic hydroxyl groups is 1. The number of hydrogen-bond donors (Lipinski definition) is 3. The van der Waals surface area contributed by atoms with Gasteiger partial charge in [0.25, 0.3) is 0 Å². The maximum absolute atomic E-state index is 11.6. The molecule has 0 unspecified atom stereocenters. The molecule has 0 aliphatic rings. The van der Waals surface area contributed by atoms with Gasteiger partial charge in [0.15, 0.2) is 0 Å². The number of carboxylic acids is 1. The number of carboxylic acid groups (broad SMARTS) is 1. The van der Waals surface area contributed by atoms with Crippen molar-refractivity contribution in [2.75, 3.05) is 18.9 Å². The van der Waals surface area contributed by atoms with Crippen molar-refractivity contribution in [2.24, 2.45) is 0 Å². The molecule has 6 heteroatoms. The maximum Gasteiger partial charge on any atom is 0.339 e. The molecule has 0 spiro atoms. The summed E-state index contributed by atoms with van der Waals surface area (Å²) in [5.41, 5.74) is -0.0218. The molecule has 94 valence electrons. The highest BCUT2D eigenvalue weighted by Gasteiger charge is 2.12. The van der Waals surface area contributed by atoms with Crippen LogP contribution in [0.5, 0.6) is 5.75 Å². The smallest absolute Gasteiger partial charge is 0.339 e. The fraction of sp³-hybridized carbons (Fsp3) is 0.167. The molecule has 2 amide bonds. The van der Waals surface area contributed by atoms with Crippen LogP contribution in [0, 0.1) is 12.3 Å². The lowest BCUT2D eigenvalue weighted by Crippen LogP contribution is -2.31. The minimum Gasteiger partial charge on any atom is -0.507 e. The van der Waals surface area contributed by atoms with Crippen LogP contribution in [0.4, 0.5) is 10.5 Å². The summed E-state index contributed by atoms with van der Waals surface area (Å²) < 4.78 is 0. The van der Waals surface area contributed by atoms with Gasteiger partial charge in [-0.2, -0.15) is 0 Å². The second-order valence-electron chi connectivity index (χ2n) is 3.53. The van der Waals surface area contributed by atoms with Gasteiger partial charge in [0.05, 0.1) is 6.54 Å². The van der Waals surface area contributed by atoms with Gasteiger partial charge in [0.1, 0.15) is 11.3 Å². The fourth-order valence-corrected chi connectivity index (χ4v) is 1.21. The quantitative estimate of drug-likeness (QED) is 0.553. The summed E-state index contributed by atoms with van der Waals surface area (Å²) in [7, 11) is 1.51. The summed E-state index contributed by atoms with van der Waals surface area (Å²) >= 11 is 0. The molecule has 0 saturated heterocycles. The van der Waals surface area contributed by atoms with E-state index in [0.29, 0.717) is 0 Å². The first-order valence-corrected chi connectivity index (χ1v) is 4.97. The van der Waals surface area contributed by atoms with Crippen molar-refractivity contribution in [1.82, 2.24) is 4.90 Å². The molecule has 1 aromatic carbocycles. The van der Waals surface area contributed by atoms with E-state index in [0.717, 1.165) is 0 Å². The topological polar surface area (TPSA) is 89.9 Å². The van der Waals surface area contributed by atoms with Gasteiger partial charge in [0, 0.05) is 12.7 Å². The van der Waals surface area contributed by atoms with Gasteiger partial charge in [-0.1, -0.05) is 5.92 Å². The molecule has 0 saturated carbocycles. The van der Waals surface area contributed by atoms with Crippen molar-refractivity contribution in [3.8, 4) is 18.1 Å². The van der Waals surface area contributed by atoms with E-state index in [1.165, 1.54) is 30.1 Å². The molecular weight excluding hydrogens is 236 g/mol. The number of carbonyl (C=O) groups is 2. The van der Waals surface area contributed by atoms with Crippen LogP contribution in [0.3, 0.4) is 0 Å². The van der Waals surface area contributed by atoms with Crippen LogP contribution >= 0.6 is 0 Å². The monoisotopic (exact) mass is 248 g/mol. The highest BCUT2D eigenvalue weighted by molar-refractivity contribution is 5.95. The molecule has 0 aliphatic heterocycles. The summed E-state index contributed by atoms with van der Waals surface area (Å²) in [4.78, 5) is 23.6. The number of anilines is 1. The average molecular weight is 248 g/mol. The van der Waals surface area contributed by atoms with Gasteiger partial charge in [-0.05, 0) is 18.2 Å². The highest BCUT2D eigenvalue weighted by atomic mass is 16.4. The number of urea groups is 1. The second-order valence-corrected chi connectivity index (χ2v) is 3.53. The number of hydrogen-bond acceptors (Lipinski definition) is 3. The van der Waals surface area contributed by atoms with Crippen molar-refractivity contribution < 1.29 is 19.8 Å². The molecule has 1 rings (SSSR count). The van der Waals surface area contributed by atoms with Crippen LogP contribution in [0.25, 0.3) is 0 Å². The molecule has 0 aliphatic carbocycles. The summed E-state index contributed by atoms with van der Waals surface area (Å²) in [6.07, 6.45) is 5.06. The minimum absolute atomic E-state index is 0.135. The number of nitrogens with zero attached hydrogens (tertiary/aromatic N) is 1. The Bertz CT molecular complexity index is 519. The number of carbonyl (C=O) groups excluding carboxylic acids is 1. The van der Waals surface area contributed by atoms with Gasteiger partial charge in [-0.25, -0.2) is 9.59 Å². The largest absolute Gasteiger partial charge is 0.507 e. The molecule has 0 fully saturated rings. The summed E-state index contributed by atoms with van der Waals surface area (Å²) in [5, 5.41) is 20.6. The van der Waals surface area contributed by atoms with Crippen molar-refractivity contribution in [3.05, 3.63) is 23.8 Å². The van der Waals surface area contributed by atoms with Crippen molar-refractivity contribution in [1.29, 1.82) is 0 Å². The molecule has 0 heterocycles. The maximum atomic E-state index is 11.6. The zero-order chi connectivity index (χ0) is 13.7. The van der Waals surface area contributed by atoms with Crippen LogP contribution in [0.2, 0.25) is 0 Å². The Balaban J connectivity index is 2.86. The SMILES string of the molecule is C#CCN(C)C(=O)Nc1ccc(O)c(C(=O)O)c1. The van der Waals surface area contributed by atoms with Crippen molar-refractivity contribution in [2.45, 2.75) is 0 Å². The third-order valence-electron chi connectivity index (χ3n) is 2.15. The van der Waals surface area contributed by atoms with E-state index in [1.54, 1.807) is 0 Å². The number of terminal acetylenes is 1. The third-order valence-corrected chi connectivity index (χ3v) is 2.15. The lowest BCUT2D eigenvalue weighted by Gasteiger charge is -2.15. The first-order chi connectivity index (χ1) is 8.45. The molecule has 18 heavy (non-hydrogen) atoms. The van der Waals surface area contributed by atoms with Crippen LogP contribution in [-0.2, 0) is 0 Å². The van der Waals surface area contributed by atoms with E-state index in [-0.39, 0.29) is 23.5 Å². The summed E-state index contributed by atoms with van der Waals surface area (Å²) in [5.74, 6) is 0.663. The molecule has 0 radical (unpaired) electrons. The summed E-state index contributed by atoms with van der Waals surface area (Å²) in [6, 6.07) is 3.29. The lowest BCUT2D eigenvalue weighted by molar-refractivity contribution is 0.0693.